The van der Waals surface area contributed by atoms with Crippen molar-refractivity contribution in [2.75, 3.05) is 0 Å². The molecule has 0 bridgehead atoms. The lowest BCUT2D eigenvalue weighted by Gasteiger charge is -2.08. The van der Waals surface area contributed by atoms with Crippen LogP contribution < -0.4 is 5.32 Å². The number of carbonyl (C=O) groups is 2. The first kappa shape index (κ1) is 20.4. The van der Waals surface area contributed by atoms with Gasteiger partial charge in [0.1, 0.15) is 0 Å². The van der Waals surface area contributed by atoms with Gasteiger partial charge in [0, 0.05) is 24.4 Å². The second kappa shape index (κ2) is 11.0. The fraction of sp³-hybridized carbons (Fsp3) is 0.619. The molecule has 1 amide bonds. The van der Waals surface area contributed by atoms with Crippen molar-refractivity contribution in [1.29, 1.82) is 0 Å². The minimum absolute atomic E-state index is 0.0103. The molecule has 0 fully saturated rings. The van der Waals surface area contributed by atoms with Crippen molar-refractivity contribution in [3.63, 3.8) is 0 Å². The number of ketones is 1. The highest BCUT2D eigenvalue weighted by atomic mass is 16.1. The zero-order chi connectivity index (χ0) is 17.9. The van der Waals surface area contributed by atoms with E-state index in [-0.39, 0.29) is 17.6 Å². The van der Waals surface area contributed by atoms with Gasteiger partial charge in [0.05, 0.1) is 0 Å². The smallest absolute Gasteiger partial charge is 0.220 e. The normalized spacial score (nSPS) is 11.1. The van der Waals surface area contributed by atoms with Gasteiger partial charge in [0.2, 0.25) is 5.91 Å². The van der Waals surface area contributed by atoms with E-state index in [1.807, 2.05) is 38.1 Å². The molecule has 0 aliphatic carbocycles. The van der Waals surface area contributed by atoms with Crippen LogP contribution in [0.25, 0.3) is 0 Å². The average Bonchev–Trinajstić information content (AvgIpc) is 2.55. The third-order valence-corrected chi connectivity index (χ3v) is 4.19. The molecule has 0 saturated carbocycles. The third-order valence-electron chi connectivity index (χ3n) is 4.19. The molecule has 0 atom stereocenters. The minimum atomic E-state index is 0.0103. The number of nitrogens with one attached hydrogen (secondary N) is 1. The molecule has 0 aromatic heterocycles. The Kier molecular flexibility index (Phi) is 9.36. The molecule has 1 aromatic rings. The van der Waals surface area contributed by atoms with Crippen LogP contribution in [0.4, 0.5) is 0 Å². The Morgan fingerprint density at radius 2 is 1.54 bits per heavy atom. The number of rotatable bonds is 11. The van der Waals surface area contributed by atoms with Crippen molar-refractivity contribution in [3.8, 4) is 0 Å². The van der Waals surface area contributed by atoms with Crippen molar-refractivity contribution < 1.29 is 9.59 Å². The zero-order valence-corrected chi connectivity index (χ0v) is 15.7. The maximum Gasteiger partial charge on any atom is 0.220 e. The Morgan fingerprint density at radius 3 is 2.12 bits per heavy atom. The number of unbranched alkanes of at least 4 members (excludes halogenated alkanes) is 3. The van der Waals surface area contributed by atoms with Gasteiger partial charge in [-0.15, -0.1) is 0 Å². The van der Waals surface area contributed by atoms with E-state index in [1.54, 1.807) is 0 Å². The third kappa shape index (κ3) is 8.28. The Hall–Kier alpha value is -1.64. The van der Waals surface area contributed by atoms with Gasteiger partial charge in [-0.2, -0.15) is 0 Å². The number of amides is 1. The molecule has 0 saturated heterocycles. The first-order valence-corrected chi connectivity index (χ1v) is 9.30. The van der Waals surface area contributed by atoms with Gasteiger partial charge < -0.3 is 5.32 Å². The van der Waals surface area contributed by atoms with E-state index in [1.165, 1.54) is 19.3 Å². The minimum Gasteiger partial charge on any atom is -0.352 e. The van der Waals surface area contributed by atoms with Crippen LogP contribution in [0, 0.1) is 11.8 Å². The summed E-state index contributed by atoms with van der Waals surface area (Å²) in [6.45, 7) is 8.83. The van der Waals surface area contributed by atoms with E-state index >= 15 is 0 Å². The monoisotopic (exact) mass is 331 g/mol. The topological polar surface area (TPSA) is 46.2 Å². The maximum absolute atomic E-state index is 11.9. The number of Topliss-reactive ketones (excluding diaryl/α,β-unsaturated/α-hetero) is 1. The van der Waals surface area contributed by atoms with E-state index in [0.717, 1.165) is 29.9 Å². The number of hydrogen-bond acceptors (Lipinski definition) is 2. The number of carbonyl (C=O) groups excluding carboxylic acids is 2. The Morgan fingerprint density at radius 1 is 0.917 bits per heavy atom. The van der Waals surface area contributed by atoms with E-state index in [9.17, 15) is 9.59 Å². The van der Waals surface area contributed by atoms with Crippen LogP contribution in [0.5, 0.6) is 0 Å². The quantitative estimate of drug-likeness (QED) is 0.451. The molecule has 3 nitrogen and oxygen atoms in total. The molecular weight excluding hydrogens is 298 g/mol. The molecule has 0 radical (unpaired) electrons. The molecule has 0 unspecified atom stereocenters. The number of hydrogen-bond donors (Lipinski definition) is 1. The van der Waals surface area contributed by atoms with Crippen molar-refractivity contribution in [1.82, 2.24) is 5.32 Å². The molecule has 1 rings (SSSR count). The predicted octanol–water partition coefficient (Wildman–Crippen LogP) is 5.14. The van der Waals surface area contributed by atoms with Gasteiger partial charge in [-0.1, -0.05) is 77.6 Å². The van der Waals surface area contributed by atoms with E-state index < -0.39 is 0 Å². The van der Waals surface area contributed by atoms with Crippen molar-refractivity contribution in [2.45, 2.75) is 72.8 Å². The highest BCUT2D eigenvalue weighted by Gasteiger charge is 2.10. The van der Waals surface area contributed by atoms with Gasteiger partial charge in [-0.05, 0) is 17.9 Å². The molecule has 24 heavy (non-hydrogen) atoms. The fourth-order valence-electron chi connectivity index (χ4n) is 2.60. The lowest BCUT2D eigenvalue weighted by molar-refractivity contribution is -0.121. The maximum atomic E-state index is 11.9. The fourth-order valence-corrected chi connectivity index (χ4v) is 2.60. The largest absolute Gasteiger partial charge is 0.352 e. The molecule has 1 aromatic carbocycles. The summed E-state index contributed by atoms with van der Waals surface area (Å²) >= 11 is 0. The Balaban J connectivity index is 2.21. The summed E-state index contributed by atoms with van der Waals surface area (Å²) < 4.78 is 0. The van der Waals surface area contributed by atoms with Crippen LogP contribution in [0.2, 0.25) is 0 Å². The van der Waals surface area contributed by atoms with Crippen LogP contribution in [0.3, 0.4) is 0 Å². The molecule has 1 N–H and O–H groups in total. The van der Waals surface area contributed by atoms with Gasteiger partial charge in [0.15, 0.2) is 5.78 Å². The summed E-state index contributed by atoms with van der Waals surface area (Å²) in [5.41, 5.74) is 1.77. The average molecular weight is 332 g/mol. The molecule has 3 heteroatoms. The van der Waals surface area contributed by atoms with Crippen molar-refractivity contribution in [2.24, 2.45) is 11.8 Å². The second-order valence-electron chi connectivity index (χ2n) is 7.34. The van der Waals surface area contributed by atoms with E-state index in [2.05, 4.69) is 19.2 Å². The van der Waals surface area contributed by atoms with E-state index in [0.29, 0.717) is 13.0 Å². The zero-order valence-electron chi connectivity index (χ0n) is 15.7. The first-order valence-electron chi connectivity index (χ1n) is 9.30. The SMILES string of the molecule is CC(C)CCCCCCC(=O)NCc1ccc(C(=O)C(C)C)cc1. The second-order valence-corrected chi connectivity index (χ2v) is 7.34. The van der Waals surface area contributed by atoms with Gasteiger partial charge in [-0.3, -0.25) is 9.59 Å². The number of benzene rings is 1. The summed E-state index contributed by atoms with van der Waals surface area (Å²) in [5, 5.41) is 2.96. The van der Waals surface area contributed by atoms with E-state index in [4.69, 9.17) is 0 Å². The van der Waals surface area contributed by atoms with Crippen molar-refractivity contribution in [3.05, 3.63) is 35.4 Å². The van der Waals surface area contributed by atoms with Crippen molar-refractivity contribution >= 4 is 11.7 Å². The Bertz CT molecular complexity index is 503. The molecule has 0 aliphatic heterocycles. The summed E-state index contributed by atoms with van der Waals surface area (Å²) in [4.78, 5) is 23.7. The summed E-state index contributed by atoms with van der Waals surface area (Å²) in [6.07, 6.45) is 6.46. The van der Waals surface area contributed by atoms with Gasteiger partial charge in [-0.25, -0.2) is 0 Å². The highest BCUT2D eigenvalue weighted by Crippen LogP contribution is 2.11. The Labute approximate surface area is 147 Å². The lowest BCUT2D eigenvalue weighted by Crippen LogP contribution is -2.22. The standard InChI is InChI=1S/C21H33NO2/c1-16(2)9-7-5-6-8-10-20(23)22-15-18-11-13-19(14-12-18)21(24)17(3)4/h11-14,16-17H,5-10,15H2,1-4H3,(H,22,23). The molecule has 0 spiro atoms. The molecule has 0 heterocycles. The van der Waals surface area contributed by atoms with Crippen LogP contribution >= 0.6 is 0 Å². The highest BCUT2D eigenvalue weighted by molar-refractivity contribution is 5.97. The summed E-state index contributed by atoms with van der Waals surface area (Å²) in [6, 6.07) is 7.53. The summed E-state index contributed by atoms with van der Waals surface area (Å²) in [5.74, 6) is 1.05. The molecular formula is C21H33NO2. The van der Waals surface area contributed by atoms with Gasteiger partial charge in [0.25, 0.3) is 0 Å². The van der Waals surface area contributed by atoms with Crippen LogP contribution in [0.1, 0.15) is 82.1 Å². The molecule has 134 valence electrons. The van der Waals surface area contributed by atoms with Crippen LogP contribution in [-0.2, 0) is 11.3 Å². The van der Waals surface area contributed by atoms with Crippen LogP contribution in [0.15, 0.2) is 24.3 Å². The lowest BCUT2D eigenvalue weighted by atomic mass is 10.00. The molecule has 0 aliphatic rings. The van der Waals surface area contributed by atoms with Crippen LogP contribution in [-0.4, -0.2) is 11.7 Å². The first-order chi connectivity index (χ1) is 11.4. The summed E-state index contributed by atoms with van der Waals surface area (Å²) in [7, 11) is 0. The predicted molar refractivity (Wildman–Crippen MR) is 100.0 cm³/mol. The van der Waals surface area contributed by atoms with Gasteiger partial charge >= 0.3 is 0 Å².